The van der Waals surface area contributed by atoms with E-state index < -0.39 is 6.04 Å². The smallest absolute Gasteiger partial charge is 0.239 e. The number of hydrogen-bond donors (Lipinski definition) is 6. The molecule has 12 heteroatoms. The van der Waals surface area contributed by atoms with Gasteiger partial charge in [0.2, 0.25) is 17.7 Å². The number of nitrogens with zero attached hydrogens (tertiary/aromatic N) is 3. The number of carbonyl (C=O) groups is 3. The highest BCUT2D eigenvalue weighted by atomic mass is 16.2. The van der Waals surface area contributed by atoms with E-state index in [0.717, 1.165) is 33.2 Å². The van der Waals surface area contributed by atoms with Crippen molar-refractivity contribution in [1.82, 2.24) is 36.1 Å². The predicted octanol–water partition coefficient (Wildman–Crippen LogP) is 4.43. The van der Waals surface area contributed by atoms with Crippen LogP contribution in [0, 0.1) is 6.92 Å². The first-order chi connectivity index (χ1) is 27.2. The average Bonchev–Trinajstić information content (AvgIpc) is 3.65. The normalized spacial score (nSPS) is 16.4. The Labute approximate surface area is 329 Å². The van der Waals surface area contributed by atoms with Crippen molar-refractivity contribution in [1.29, 1.82) is 0 Å². The lowest BCUT2D eigenvalue weighted by molar-refractivity contribution is -0.133. The first-order valence-electron chi connectivity index (χ1n) is 19.3. The molecule has 56 heavy (non-hydrogen) atoms. The van der Waals surface area contributed by atoms with Gasteiger partial charge in [0.15, 0.2) is 5.96 Å². The Morgan fingerprint density at radius 3 is 2.23 bits per heavy atom. The van der Waals surface area contributed by atoms with Crippen LogP contribution < -0.4 is 27.0 Å². The van der Waals surface area contributed by atoms with E-state index in [1.807, 2.05) is 60.4 Å². The third-order valence-electron chi connectivity index (χ3n) is 9.99. The number of H-pyrrole nitrogens is 1. The molecule has 6 rings (SSSR count). The second kappa shape index (κ2) is 21.2. The summed E-state index contributed by atoms with van der Waals surface area (Å²) in [5.74, 6) is -0.157. The minimum absolute atomic E-state index is 0.00784. The molecule has 1 fully saturated rings. The molecule has 294 valence electrons. The van der Waals surface area contributed by atoms with Crippen LogP contribution in [-0.2, 0) is 20.8 Å². The standard InChI is InChI=1S/C40H49N7O3.C4H6N2/c1-28(48)44-26-38(49)46-37(25-29-19-20-30-12-9-10-17-33(30)24-29)35-21-23-47(39(50)36(45-35)18-11-22-43-40(41)42-2)27-34(31-13-5-3-6-14-31)32-15-7-4-8-16-32;1-4-2-5-3-6-4/h3-10,12-17,19-20,24,34-37,45H,11,18,21-23,25-27H2,1-2H3,(H,44,48)(H,46,49)(H3,41,42,43);2-3H,1H3,(H,5,6). The Hall–Kier alpha value is -6.01. The number of rotatable bonds is 14. The predicted molar refractivity (Wildman–Crippen MR) is 223 cm³/mol. The van der Waals surface area contributed by atoms with Gasteiger partial charge in [-0.05, 0) is 60.1 Å². The van der Waals surface area contributed by atoms with Crippen molar-refractivity contribution in [3.63, 3.8) is 0 Å². The van der Waals surface area contributed by atoms with Crippen molar-refractivity contribution in [2.24, 2.45) is 10.7 Å². The van der Waals surface area contributed by atoms with Crippen molar-refractivity contribution in [2.75, 3.05) is 33.2 Å². The van der Waals surface area contributed by atoms with E-state index in [4.69, 9.17) is 5.73 Å². The van der Waals surface area contributed by atoms with Crippen LogP contribution >= 0.6 is 0 Å². The highest BCUT2D eigenvalue weighted by Crippen LogP contribution is 2.28. The van der Waals surface area contributed by atoms with E-state index in [0.29, 0.717) is 51.3 Å². The van der Waals surface area contributed by atoms with Crippen molar-refractivity contribution < 1.29 is 14.4 Å². The van der Waals surface area contributed by atoms with Gasteiger partial charge in [0, 0.05) is 63.5 Å². The van der Waals surface area contributed by atoms with Crippen LogP contribution in [0.15, 0.2) is 121 Å². The summed E-state index contributed by atoms with van der Waals surface area (Å²) < 4.78 is 0. The molecule has 2 heterocycles. The molecule has 0 aliphatic carbocycles. The average molecular weight is 758 g/mol. The first-order valence-corrected chi connectivity index (χ1v) is 19.3. The maximum Gasteiger partial charge on any atom is 0.239 e. The first kappa shape index (κ1) is 41.2. The number of amides is 3. The van der Waals surface area contributed by atoms with Crippen LogP contribution in [0.1, 0.15) is 54.5 Å². The number of nitrogens with one attached hydrogen (secondary N) is 5. The third-order valence-corrected chi connectivity index (χ3v) is 9.99. The van der Waals surface area contributed by atoms with Gasteiger partial charge >= 0.3 is 0 Å². The number of aromatic nitrogens is 2. The minimum atomic E-state index is -0.484. The van der Waals surface area contributed by atoms with E-state index in [1.54, 1.807) is 19.6 Å². The van der Waals surface area contributed by atoms with Crippen molar-refractivity contribution in [3.05, 3.63) is 138 Å². The summed E-state index contributed by atoms with van der Waals surface area (Å²) in [6.45, 7) is 4.86. The molecule has 1 saturated heterocycles. The molecule has 0 spiro atoms. The molecule has 0 bridgehead atoms. The highest BCUT2D eigenvalue weighted by Gasteiger charge is 2.36. The lowest BCUT2D eigenvalue weighted by Gasteiger charge is -2.30. The molecular weight excluding hydrogens is 703 g/mol. The van der Waals surface area contributed by atoms with E-state index in [9.17, 15) is 14.4 Å². The summed E-state index contributed by atoms with van der Waals surface area (Å²) >= 11 is 0. The topological polar surface area (TPSA) is 170 Å². The quantitative estimate of drug-likeness (QED) is 0.0554. The highest BCUT2D eigenvalue weighted by molar-refractivity contribution is 5.85. The second-order valence-corrected chi connectivity index (χ2v) is 14.2. The lowest BCUT2D eigenvalue weighted by Crippen LogP contribution is -2.56. The fourth-order valence-corrected chi connectivity index (χ4v) is 7.04. The fourth-order valence-electron chi connectivity index (χ4n) is 7.04. The number of hydrogen-bond acceptors (Lipinski definition) is 6. The van der Waals surface area contributed by atoms with Gasteiger partial charge in [0.05, 0.1) is 18.9 Å². The van der Waals surface area contributed by atoms with Crippen LogP contribution in [0.2, 0.25) is 0 Å². The van der Waals surface area contributed by atoms with Crippen LogP contribution in [0.3, 0.4) is 0 Å². The van der Waals surface area contributed by atoms with E-state index in [1.165, 1.54) is 6.92 Å². The number of aryl methyl sites for hydroxylation is 1. The fraction of sp³-hybridized carbons (Fsp3) is 0.341. The number of fused-ring (bicyclic) bond motifs is 1. The van der Waals surface area contributed by atoms with Gasteiger partial charge in [-0.25, -0.2) is 4.98 Å². The van der Waals surface area contributed by atoms with Gasteiger partial charge in [0.25, 0.3) is 0 Å². The molecule has 1 aromatic heterocycles. The van der Waals surface area contributed by atoms with Crippen molar-refractivity contribution in [3.8, 4) is 0 Å². The maximum absolute atomic E-state index is 14.5. The van der Waals surface area contributed by atoms with Gasteiger partial charge in [-0.1, -0.05) is 103 Å². The Morgan fingerprint density at radius 2 is 1.62 bits per heavy atom. The molecule has 0 radical (unpaired) electrons. The summed E-state index contributed by atoms with van der Waals surface area (Å²) in [4.78, 5) is 51.9. The summed E-state index contributed by atoms with van der Waals surface area (Å²) in [5.41, 5.74) is 10.4. The molecule has 3 amide bonds. The molecule has 7 N–H and O–H groups in total. The van der Waals surface area contributed by atoms with Gasteiger partial charge in [-0.2, -0.15) is 0 Å². The molecule has 12 nitrogen and oxygen atoms in total. The molecule has 3 atom stereocenters. The molecule has 0 saturated carbocycles. The number of carbonyl (C=O) groups excluding carboxylic acids is 3. The van der Waals surface area contributed by atoms with Gasteiger partial charge in [-0.3, -0.25) is 19.4 Å². The van der Waals surface area contributed by atoms with Gasteiger partial charge in [-0.15, -0.1) is 0 Å². The Balaban J connectivity index is 0.000000912. The monoisotopic (exact) mass is 757 g/mol. The number of benzene rings is 4. The zero-order valence-electron chi connectivity index (χ0n) is 32.6. The number of aromatic amines is 1. The third kappa shape index (κ3) is 12.5. The van der Waals surface area contributed by atoms with Crippen LogP contribution in [0.4, 0.5) is 0 Å². The zero-order chi connectivity index (χ0) is 39.7. The lowest BCUT2D eigenvalue weighted by atomic mass is 9.90. The Bertz CT molecular complexity index is 1960. The maximum atomic E-state index is 14.5. The molecule has 3 unspecified atom stereocenters. The van der Waals surface area contributed by atoms with E-state index in [-0.39, 0.29) is 42.3 Å². The summed E-state index contributed by atoms with van der Waals surface area (Å²) in [6.07, 6.45) is 5.88. The number of imidazole rings is 1. The molecule has 5 aromatic rings. The Morgan fingerprint density at radius 1 is 0.946 bits per heavy atom. The SMILES string of the molecule is CN=C(N)NCCCC1NC(C(Cc2ccc3ccccc3c2)NC(=O)CNC(C)=O)CCN(CC(c2ccccc2)c2ccccc2)C1=O.Cc1cnc[nH]1. The Kier molecular flexibility index (Phi) is 15.6. The largest absolute Gasteiger partial charge is 0.370 e. The van der Waals surface area contributed by atoms with Crippen molar-refractivity contribution in [2.45, 2.75) is 63.6 Å². The number of aliphatic imine (C=N–C) groups is 1. The zero-order valence-corrected chi connectivity index (χ0v) is 32.6. The molecular formula is C44H55N9O3. The van der Waals surface area contributed by atoms with E-state index in [2.05, 4.69) is 90.8 Å². The van der Waals surface area contributed by atoms with Crippen LogP contribution in [0.25, 0.3) is 10.8 Å². The van der Waals surface area contributed by atoms with Crippen molar-refractivity contribution >= 4 is 34.5 Å². The number of guanidine groups is 1. The van der Waals surface area contributed by atoms with Gasteiger partial charge < -0.3 is 36.9 Å². The van der Waals surface area contributed by atoms with Crippen LogP contribution in [-0.4, -0.2) is 89.9 Å². The summed E-state index contributed by atoms with van der Waals surface area (Å²) in [7, 11) is 1.63. The summed E-state index contributed by atoms with van der Waals surface area (Å²) in [5, 5.41) is 14.9. The van der Waals surface area contributed by atoms with Crippen LogP contribution in [0.5, 0.6) is 0 Å². The molecule has 4 aromatic carbocycles. The molecule has 1 aliphatic heterocycles. The minimum Gasteiger partial charge on any atom is -0.370 e. The van der Waals surface area contributed by atoms with E-state index >= 15 is 0 Å². The van der Waals surface area contributed by atoms with Gasteiger partial charge in [0.1, 0.15) is 0 Å². The second-order valence-electron chi connectivity index (χ2n) is 14.2. The summed E-state index contributed by atoms with van der Waals surface area (Å²) in [6, 6.07) is 34.1. The number of nitrogens with two attached hydrogens (primary N) is 1. The molecule has 1 aliphatic rings.